The number of piperidine rings is 1. The molecule has 4 aliphatic rings. The van der Waals surface area contributed by atoms with E-state index >= 15 is 0 Å². The molecule has 0 aromatic heterocycles. The van der Waals surface area contributed by atoms with Crippen LogP contribution in [0, 0.1) is 5.92 Å². The normalized spacial score (nSPS) is 30.7. The largest absolute Gasteiger partial charge is 0.348 e. The summed E-state index contributed by atoms with van der Waals surface area (Å²) in [4.78, 5) is 17.7. The fourth-order valence-electron chi connectivity index (χ4n) is 6.16. The maximum atomic E-state index is 13.1. The number of ether oxygens (including phenoxy) is 2. The lowest BCUT2D eigenvalue weighted by molar-refractivity contribution is -0.201. The van der Waals surface area contributed by atoms with E-state index in [2.05, 4.69) is 41.4 Å². The molecule has 0 unspecified atom stereocenters. The summed E-state index contributed by atoms with van der Waals surface area (Å²) in [6, 6.07) is 9.35. The topological polar surface area (TPSA) is 54.0 Å². The van der Waals surface area contributed by atoms with E-state index in [0.29, 0.717) is 31.7 Å². The van der Waals surface area contributed by atoms with Crippen LogP contribution in [0.15, 0.2) is 24.3 Å². The maximum absolute atomic E-state index is 13.1. The number of nitrogens with zero attached hydrogens (tertiary/aromatic N) is 2. The van der Waals surface area contributed by atoms with Crippen molar-refractivity contribution in [3.05, 3.63) is 35.4 Å². The van der Waals surface area contributed by atoms with Gasteiger partial charge < -0.3 is 19.7 Å². The minimum atomic E-state index is -0.360. The number of amides is 2. The average Bonchev–Trinajstić information content (AvgIpc) is 3.20. The molecule has 0 radical (unpaired) electrons. The Morgan fingerprint density at radius 3 is 2.83 bits per heavy atom. The Hall–Kier alpha value is -1.63. The molecule has 3 heterocycles. The van der Waals surface area contributed by atoms with Crippen LogP contribution < -0.4 is 5.32 Å². The Morgan fingerprint density at radius 2 is 2.03 bits per heavy atom. The number of hydrogen-bond donors (Lipinski definition) is 1. The van der Waals surface area contributed by atoms with Gasteiger partial charge in [-0.2, -0.15) is 0 Å². The van der Waals surface area contributed by atoms with Gasteiger partial charge in [0.2, 0.25) is 0 Å². The number of carbonyl (C=O) groups excluding carboxylic acids is 1. The van der Waals surface area contributed by atoms with Gasteiger partial charge in [0.1, 0.15) is 0 Å². The van der Waals surface area contributed by atoms with Gasteiger partial charge in [0.05, 0.1) is 13.2 Å². The van der Waals surface area contributed by atoms with Gasteiger partial charge in [0.25, 0.3) is 0 Å². The molecule has 0 bridgehead atoms. The molecular weight excluding hydrogens is 378 g/mol. The van der Waals surface area contributed by atoms with Gasteiger partial charge in [-0.15, -0.1) is 0 Å². The Morgan fingerprint density at radius 1 is 1.23 bits per heavy atom. The van der Waals surface area contributed by atoms with Crippen LogP contribution in [0.3, 0.4) is 0 Å². The van der Waals surface area contributed by atoms with Crippen LogP contribution in [0.5, 0.6) is 0 Å². The van der Waals surface area contributed by atoms with E-state index in [-0.39, 0.29) is 17.9 Å². The highest BCUT2D eigenvalue weighted by molar-refractivity contribution is 5.75. The second-order valence-corrected chi connectivity index (χ2v) is 9.50. The summed E-state index contributed by atoms with van der Waals surface area (Å²) in [6.45, 7) is 7.24. The van der Waals surface area contributed by atoms with Crippen molar-refractivity contribution in [3.8, 4) is 0 Å². The first-order valence-corrected chi connectivity index (χ1v) is 11.8. The van der Waals surface area contributed by atoms with E-state index in [1.54, 1.807) is 0 Å². The molecule has 1 spiro atoms. The maximum Gasteiger partial charge on any atom is 0.317 e. The van der Waals surface area contributed by atoms with Crippen LogP contribution in [0.1, 0.15) is 50.2 Å². The zero-order chi connectivity index (χ0) is 20.6. The number of likely N-dealkylation sites (tertiary alicyclic amines) is 1. The number of fused-ring (bicyclic) bond motifs is 2. The first kappa shape index (κ1) is 20.3. The van der Waals surface area contributed by atoms with Crippen molar-refractivity contribution in [3.63, 3.8) is 0 Å². The third kappa shape index (κ3) is 3.97. The van der Waals surface area contributed by atoms with Gasteiger partial charge >= 0.3 is 6.03 Å². The number of rotatable bonds is 3. The molecule has 30 heavy (non-hydrogen) atoms. The van der Waals surface area contributed by atoms with Gasteiger partial charge in [-0.25, -0.2) is 4.79 Å². The quantitative estimate of drug-likeness (QED) is 0.827. The molecule has 1 aliphatic carbocycles. The highest BCUT2D eigenvalue weighted by Crippen LogP contribution is 2.44. The average molecular weight is 414 g/mol. The van der Waals surface area contributed by atoms with Gasteiger partial charge in [-0.05, 0) is 49.3 Å². The van der Waals surface area contributed by atoms with E-state index in [1.165, 1.54) is 11.1 Å². The van der Waals surface area contributed by atoms with Crippen LogP contribution in [0.25, 0.3) is 0 Å². The van der Waals surface area contributed by atoms with Crippen LogP contribution in [-0.4, -0.2) is 66.5 Å². The van der Waals surface area contributed by atoms with Crippen molar-refractivity contribution in [1.29, 1.82) is 0 Å². The number of benzene rings is 1. The van der Waals surface area contributed by atoms with Gasteiger partial charge in [0, 0.05) is 44.6 Å². The number of urea groups is 1. The predicted molar refractivity (Wildman–Crippen MR) is 115 cm³/mol. The van der Waals surface area contributed by atoms with Crippen LogP contribution in [-0.2, 0) is 22.4 Å². The highest BCUT2D eigenvalue weighted by atomic mass is 16.7. The van der Waals surface area contributed by atoms with E-state index in [0.717, 1.165) is 58.2 Å². The van der Waals surface area contributed by atoms with E-state index in [4.69, 9.17) is 9.47 Å². The second kappa shape index (κ2) is 8.48. The van der Waals surface area contributed by atoms with Crippen molar-refractivity contribution in [2.45, 2.75) is 69.9 Å². The number of carbonyl (C=O) groups is 1. The number of hydrogen-bond acceptors (Lipinski definition) is 4. The van der Waals surface area contributed by atoms with Crippen molar-refractivity contribution in [2.75, 3.05) is 32.8 Å². The van der Waals surface area contributed by atoms with Crippen LogP contribution in [0.4, 0.5) is 4.79 Å². The first-order valence-electron chi connectivity index (χ1n) is 11.8. The molecule has 6 heteroatoms. The Bertz CT molecular complexity index is 764. The lowest BCUT2D eigenvalue weighted by Crippen LogP contribution is -2.60. The van der Waals surface area contributed by atoms with Crippen molar-refractivity contribution in [1.82, 2.24) is 15.1 Å². The summed E-state index contributed by atoms with van der Waals surface area (Å²) in [6.07, 6.45) is 6.20. The fourth-order valence-corrected chi connectivity index (χ4v) is 6.16. The lowest BCUT2D eigenvalue weighted by Gasteiger charge is -2.51. The van der Waals surface area contributed by atoms with Crippen LogP contribution >= 0.6 is 0 Å². The van der Waals surface area contributed by atoms with Gasteiger partial charge in [-0.3, -0.25) is 4.90 Å². The highest BCUT2D eigenvalue weighted by Gasteiger charge is 2.49. The molecule has 5 rings (SSSR count). The Kier molecular flexibility index (Phi) is 5.73. The van der Waals surface area contributed by atoms with E-state index < -0.39 is 0 Å². The van der Waals surface area contributed by atoms with Crippen molar-refractivity contribution < 1.29 is 14.3 Å². The summed E-state index contributed by atoms with van der Waals surface area (Å²) in [7, 11) is 0. The zero-order valence-corrected chi connectivity index (χ0v) is 18.1. The third-order valence-electron chi connectivity index (χ3n) is 7.52. The first-order chi connectivity index (χ1) is 14.7. The Balaban J connectivity index is 1.24. The van der Waals surface area contributed by atoms with Crippen molar-refractivity contribution in [2.24, 2.45) is 5.92 Å². The van der Waals surface area contributed by atoms with Gasteiger partial charge in [0.15, 0.2) is 5.79 Å². The third-order valence-corrected chi connectivity index (χ3v) is 7.52. The summed E-state index contributed by atoms with van der Waals surface area (Å²) < 4.78 is 12.1. The summed E-state index contributed by atoms with van der Waals surface area (Å²) >= 11 is 0. The molecule has 1 N–H and O–H groups in total. The molecule has 1 aromatic rings. The molecule has 3 atom stereocenters. The summed E-state index contributed by atoms with van der Waals surface area (Å²) in [5, 5.41) is 3.38. The molecule has 2 saturated heterocycles. The standard InChI is InChI=1S/C24H35N3O3/c1-2-10-26-17-21(14-20-15-24(9-7-22(20)26)29-12-13-30-24)25-23(28)27-11-8-18-5-3-4-6-19(18)16-27/h3-6,20-22H,2,7-17H2,1H3,(H,25,28)/t20-,21+,22-/m1/s1. The Labute approximate surface area is 179 Å². The zero-order valence-electron chi connectivity index (χ0n) is 18.1. The molecule has 1 saturated carbocycles. The fraction of sp³-hybridized carbons (Fsp3) is 0.708. The van der Waals surface area contributed by atoms with Crippen molar-refractivity contribution >= 4 is 6.03 Å². The van der Waals surface area contributed by atoms with Crippen LogP contribution in [0.2, 0.25) is 0 Å². The monoisotopic (exact) mass is 413 g/mol. The predicted octanol–water partition coefficient (Wildman–Crippen LogP) is 3.15. The SMILES string of the molecule is CCCN1C[C@@H](NC(=O)N2CCc3ccccc3C2)C[C@@H]2CC3(CC[C@H]21)OCCO3. The minimum absolute atomic E-state index is 0.0864. The molecule has 164 valence electrons. The molecule has 3 aliphatic heterocycles. The summed E-state index contributed by atoms with van der Waals surface area (Å²) in [5.41, 5.74) is 2.65. The van der Waals surface area contributed by atoms with Gasteiger partial charge in [-0.1, -0.05) is 31.2 Å². The molecule has 3 fully saturated rings. The summed E-state index contributed by atoms with van der Waals surface area (Å²) in [5.74, 6) is 0.158. The van der Waals surface area contributed by atoms with E-state index in [9.17, 15) is 4.79 Å². The smallest absolute Gasteiger partial charge is 0.317 e. The molecule has 6 nitrogen and oxygen atoms in total. The van der Waals surface area contributed by atoms with E-state index in [1.807, 2.05) is 4.90 Å². The minimum Gasteiger partial charge on any atom is -0.348 e. The molecular formula is C24H35N3O3. The second-order valence-electron chi connectivity index (χ2n) is 9.50. The lowest BCUT2D eigenvalue weighted by atomic mass is 9.74. The molecule has 2 amide bonds. The number of nitrogens with one attached hydrogen (secondary N) is 1. The molecule has 1 aromatic carbocycles.